The van der Waals surface area contributed by atoms with Crippen LogP contribution in [0.15, 0.2) is 53.3 Å². The van der Waals surface area contributed by atoms with Crippen LogP contribution in [0.1, 0.15) is 122 Å². The smallest absolute Gasteiger partial charge is 0.413 e. The molecule has 0 bridgehead atoms. The Balaban J connectivity index is 0.000000456. The standard InChI is InChI=1S/C27H46N4O7.C20H35N3O5.C10H15N3O2.C2H3N/c1-8-37-25(33)21-14-22(28-18(2)29-26(34)38-27(4,5)6)24(30-19(3)32)23(15-21)31-11-9-10-20(16-31)17-36-13-12-35-7;1-4-28-20(25)16-10-17(21)19(22-14(2)24)18(11-16)23-7-5-6-15(12-23)13-27-9-8-26-3;1-8(13-7-5-6-11-13)12-9(14)15-10(2,3)4;1-2-3/h15,20,22-24H,8-14,16-17H2,1-7H3,(H,30,32)(H,28,29,34);11,15,17-19H,4-10,12-13,21H2,1-3H3,(H,22,24);5-7H,1H2,2-4H3,(H,12,14);1H3/t20-,22+,23-,24-;15-,17+,18-,19-;;/m11../s1. The number of nitrogens with one attached hydrogen (secondary N) is 4. The van der Waals surface area contributed by atoms with E-state index in [0.29, 0.717) is 87.3 Å². The van der Waals surface area contributed by atoms with Crippen molar-refractivity contribution in [3.05, 3.63) is 48.3 Å². The predicted molar refractivity (Wildman–Crippen MR) is 318 cm³/mol. The van der Waals surface area contributed by atoms with Crippen LogP contribution in [0.2, 0.25) is 0 Å². The van der Waals surface area contributed by atoms with Crippen molar-refractivity contribution in [2.24, 2.45) is 22.6 Å². The summed E-state index contributed by atoms with van der Waals surface area (Å²) in [5.74, 6) is 0.394. The van der Waals surface area contributed by atoms with Gasteiger partial charge in [0.05, 0.1) is 89.1 Å². The number of aromatic nitrogens is 2. The number of hydrogen-bond donors (Lipinski definition) is 5. The summed E-state index contributed by atoms with van der Waals surface area (Å²) in [5.41, 5.74) is 6.30. The molecule has 25 nitrogen and oxygen atoms in total. The maximum absolute atomic E-state index is 12.8. The summed E-state index contributed by atoms with van der Waals surface area (Å²) in [7, 11) is 3.31. The third-order valence-corrected chi connectivity index (χ3v) is 13.0. The highest BCUT2D eigenvalue weighted by molar-refractivity contribution is 5.94. The number of carbonyl (C=O) groups is 6. The summed E-state index contributed by atoms with van der Waals surface area (Å²) >= 11 is 0. The van der Waals surface area contributed by atoms with E-state index in [0.717, 1.165) is 51.9 Å². The van der Waals surface area contributed by atoms with E-state index in [1.807, 2.05) is 12.2 Å². The highest BCUT2D eigenvalue weighted by Gasteiger charge is 2.42. The lowest BCUT2D eigenvalue weighted by atomic mass is 9.84. The molecule has 0 unspecified atom stereocenters. The van der Waals surface area contributed by atoms with Crippen LogP contribution in [0.5, 0.6) is 0 Å². The number of carbonyl (C=O) groups excluding carboxylic acids is 6. The maximum Gasteiger partial charge on any atom is 0.413 e. The van der Waals surface area contributed by atoms with Gasteiger partial charge in [-0.15, -0.1) is 0 Å². The number of esters is 2. The molecule has 2 aliphatic carbocycles. The number of methoxy groups -OCH3 is 2. The van der Waals surface area contributed by atoms with Crippen LogP contribution in [0.4, 0.5) is 9.59 Å². The van der Waals surface area contributed by atoms with E-state index < -0.39 is 41.4 Å². The highest BCUT2D eigenvalue weighted by Crippen LogP contribution is 2.31. The monoisotopic (exact) mass is 1190 g/mol. The molecule has 1 aromatic rings. The van der Waals surface area contributed by atoms with Crippen molar-refractivity contribution in [2.75, 3.05) is 93.3 Å². The number of aliphatic imine (C=N–C) groups is 1. The normalized spacial score (nSPS) is 22.8. The number of nitrogens with zero attached hydrogens (tertiary/aromatic N) is 6. The summed E-state index contributed by atoms with van der Waals surface area (Å²) in [6.07, 6.45) is 10.8. The van der Waals surface area contributed by atoms with Gasteiger partial charge in [0.1, 0.15) is 22.9 Å². The molecule has 1 aromatic heterocycles. The van der Waals surface area contributed by atoms with Crippen molar-refractivity contribution >= 4 is 47.6 Å². The molecule has 0 aromatic carbocycles. The number of hydrogen-bond acceptors (Lipinski definition) is 20. The number of ether oxygens (including phenoxy) is 8. The Morgan fingerprint density at radius 3 is 1.62 bits per heavy atom. The Hall–Kier alpha value is -6.27. The summed E-state index contributed by atoms with van der Waals surface area (Å²) < 4.78 is 43.9. The molecular formula is C59H99N11O14. The first kappa shape index (κ1) is 73.8. The minimum atomic E-state index is -0.656. The number of rotatable bonds is 21. The lowest BCUT2D eigenvalue weighted by Crippen LogP contribution is -2.62. The zero-order chi connectivity index (χ0) is 63.0. The Kier molecular flexibility index (Phi) is 34.0. The highest BCUT2D eigenvalue weighted by atomic mass is 16.6. The van der Waals surface area contributed by atoms with Crippen LogP contribution >= 0.6 is 0 Å². The van der Waals surface area contributed by atoms with Crippen molar-refractivity contribution < 1.29 is 66.7 Å². The van der Waals surface area contributed by atoms with Crippen LogP contribution in [0.3, 0.4) is 0 Å². The lowest BCUT2D eigenvalue weighted by molar-refractivity contribution is -0.139. The number of piperidine rings is 2. The molecule has 5 rings (SSSR count). The number of nitriles is 1. The minimum absolute atomic E-state index is 0.116. The fourth-order valence-corrected chi connectivity index (χ4v) is 9.79. The van der Waals surface area contributed by atoms with Crippen molar-refractivity contribution in [1.29, 1.82) is 5.26 Å². The summed E-state index contributed by atoms with van der Waals surface area (Å²) in [5, 5.41) is 22.4. The van der Waals surface area contributed by atoms with Crippen LogP contribution < -0.4 is 27.0 Å². The second kappa shape index (κ2) is 38.6. The Labute approximate surface area is 498 Å². The second-order valence-corrected chi connectivity index (χ2v) is 22.6. The summed E-state index contributed by atoms with van der Waals surface area (Å²) in [4.78, 5) is 82.1. The van der Waals surface area contributed by atoms with Crippen molar-refractivity contribution in [2.45, 2.75) is 169 Å². The number of likely N-dealkylation sites (tertiary alicyclic amines) is 2. The third kappa shape index (κ3) is 29.0. The zero-order valence-electron chi connectivity index (χ0n) is 52.4. The predicted octanol–water partition coefficient (Wildman–Crippen LogP) is 5.26. The van der Waals surface area contributed by atoms with E-state index in [1.165, 1.54) is 25.5 Å². The average molecular weight is 1190 g/mol. The molecule has 0 spiro atoms. The second-order valence-electron chi connectivity index (χ2n) is 22.6. The molecule has 3 heterocycles. The van der Waals surface area contributed by atoms with Gasteiger partial charge < -0.3 is 54.3 Å². The van der Waals surface area contributed by atoms with Crippen LogP contribution in [-0.2, 0) is 57.1 Å². The lowest BCUT2D eigenvalue weighted by Gasteiger charge is -2.44. The first-order chi connectivity index (χ1) is 39.7. The molecule has 0 saturated carbocycles. The van der Waals surface area contributed by atoms with Gasteiger partial charge in [0.2, 0.25) is 11.8 Å². The van der Waals surface area contributed by atoms with E-state index in [4.69, 9.17) is 53.9 Å². The van der Waals surface area contributed by atoms with Crippen molar-refractivity contribution in [3.8, 4) is 6.07 Å². The SMILES string of the molecule is C=C(NC(=O)OC(C)(C)C)n1cccn1.CC#N.CCOC(=O)C1=C[C@@H](N2CCC[C@@H](COCCOC)C2)[C@H](NC(C)=O)[C@@H](N)C1.CCOC(=O)C1=C[C@@H](N2CCC[C@@H](COCCOC)C2)[C@H](NC(C)=O)[C@@H](N=C(C)NC(=O)OC(C)(C)C)C1. The molecule has 2 fully saturated rings. The van der Waals surface area contributed by atoms with E-state index in [2.05, 4.69) is 42.7 Å². The van der Waals surface area contributed by atoms with Gasteiger partial charge in [0.25, 0.3) is 0 Å². The molecule has 0 radical (unpaired) electrons. The van der Waals surface area contributed by atoms with Gasteiger partial charge in [0.15, 0.2) is 0 Å². The molecule has 2 aliphatic heterocycles. The van der Waals surface area contributed by atoms with Crippen LogP contribution in [0, 0.1) is 23.2 Å². The van der Waals surface area contributed by atoms with Gasteiger partial charge in [-0.25, -0.2) is 23.9 Å². The number of amides is 4. The number of nitrogens with two attached hydrogens (primary N) is 1. The van der Waals surface area contributed by atoms with Crippen molar-refractivity contribution in [1.82, 2.24) is 40.8 Å². The summed E-state index contributed by atoms with van der Waals surface area (Å²) in [6, 6.07) is 1.60. The minimum Gasteiger partial charge on any atom is -0.463 e. The topological polar surface area (TPSA) is 311 Å². The average Bonchev–Trinajstić information content (AvgIpc) is 2.36. The number of alkyl carbamates (subject to hydrolysis) is 2. The molecule has 25 heteroatoms. The number of amidine groups is 1. The van der Waals surface area contributed by atoms with Gasteiger partial charge in [-0.3, -0.25) is 35.0 Å². The molecule has 4 aliphatic rings. The van der Waals surface area contributed by atoms with E-state index in [-0.39, 0.29) is 55.0 Å². The maximum atomic E-state index is 12.8. The van der Waals surface area contributed by atoms with E-state index in [9.17, 15) is 28.8 Å². The van der Waals surface area contributed by atoms with E-state index >= 15 is 0 Å². The molecule has 6 N–H and O–H groups in total. The molecule has 4 amide bonds. The third-order valence-electron chi connectivity index (χ3n) is 13.0. The molecule has 8 atom stereocenters. The van der Waals surface area contributed by atoms with Crippen molar-refractivity contribution in [3.63, 3.8) is 0 Å². The van der Waals surface area contributed by atoms with Gasteiger partial charge in [-0.1, -0.05) is 18.7 Å². The first-order valence-corrected chi connectivity index (χ1v) is 28.9. The largest absolute Gasteiger partial charge is 0.463 e. The van der Waals surface area contributed by atoms with Gasteiger partial charge in [-0.05, 0) is 125 Å². The van der Waals surface area contributed by atoms with Crippen LogP contribution in [-0.4, -0.2) is 202 Å². The Bertz CT molecular complexity index is 2340. The Morgan fingerprint density at radius 2 is 1.19 bits per heavy atom. The fraction of sp³-hybridized carbons (Fsp3) is 0.712. The quantitative estimate of drug-likeness (QED) is 0.0345. The van der Waals surface area contributed by atoms with Gasteiger partial charge >= 0.3 is 24.1 Å². The Morgan fingerprint density at radius 1 is 0.738 bits per heavy atom. The molecular weight excluding hydrogens is 1090 g/mol. The fourth-order valence-electron chi connectivity index (χ4n) is 9.79. The van der Waals surface area contributed by atoms with Crippen LogP contribution in [0.25, 0.3) is 5.82 Å². The molecule has 474 valence electrons. The van der Waals surface area contributed by atoms with E-state index in [1.54, 1.807) is 101 Å². The molecule has 84 heavy (non-hydrogen) atoms. The molecule has 2 saturated heterocycles. The zero-order valence-corrected chi connectivity index (χ0v) is 52.4. The van der Waals surface area contributed by atoms with Gasteiger partial charge in [0, 0.05) is 84.1 Å². The van der Waals surface area contributed by atoms with Gasteiger partial charge in [-0.2, -0.15) is 10.4 Å². The first-order valence-electron chi connectivity index (χ1n) is 28.9. The summed E-state index contributed by atoms with van der Waals surface area (Å²) in [6.45, 7) is 31.5.